The summed E-state index contributed by atoms with van der Waals surface area (Å²) < 4.78 is 5.20. The van der Waals surface area contributed by atoms with E-state index in [-0.39, 0.29) is 24.9 Å². The van der Waals surface area contributed by atoms with Crippen LogP contribution in [-0.4, -0.2) is 53.4 Å². The third kappa shape index (κ3) is 3.73. The Morgan fingerprint density at radius 2 is 1.97 bits per heavy atom. The Labute approximate surface area is 179 Å². The number of urea groups is 1. The van der Waals surface area contributed by atoms with Crippen LogP contribution in [0.1, 0.15) is 28.8 Å². The van der Waals surface area contributed by atoms with Gasteiger partial charge in [0.15, 0.2) is 0 Å². The lowest BCUT2D eigenvalue weighted by atomic mass is 9.88. The summed E-state index contributed by atoms with van der Waals surface area (Å²) in [6, 6.07) is 13.5. The van der Waals surface area contributed by atoms with E-state index in [1.165, 1.54) is 4.90 Å². The quantitative estimate of drug-likeness (QED) is 0.760. The highest BCUT2D eigenvalue weighted by atomic mass is 35.5. The van der Waals surface area contributed by atoms with Crippen LogP contribution in [0, 0.1) is 0 Å². The third-order valence-electron chi connectivity index (χ3n) is 5.60. The zero-order valence-corrected chi connectivity index (χ0v) is 17.3. The number of amides is 4. The third-order valence-corrected chi connectivity index (χ3v) is 5.85. The van der Waals surface area contributed by atoms with Crippen LogP contribution in [0.5, 0.6) is 5.75 Å². The van der Waals surface area contributed by atoms with Crippen LogP contribution in [0.3, 0.4) is 0 Å². The van der Waals surface area contributed by atoms with Crippen LogP contribution in [0.4, 0.5) is 4.79 Å². The van der Waals surface area contributed by atoms with E-state index < -0.39 is 11.6 Å². The lowest BCUT2D eigenvalue weighted by molar-refractivity contribution is -0.133. The van der Waals surface area contributed by atoms with Crippen LogP contribution < -0.4 is 10.1 Å². The van der Waals surface area contributed by atoms with Crippen molar-refractivity contribution in [3.05, 3.63) is 64.7 Å². The molecule has 0 radical (unpaired) electrons. The fourth-order valence-corrected chi connectivity index (χ4v) is 4.16. The molecule has 2 aromatic rings. The second-order valence-electron chi connectivity index (χ2n) is 7.59. The van der Waals surface area contributed by atoms with Gasteiger partial charge in [-0.3, -0.25) is 14.5 Å². The lowest BCUT2D eigenvalue weighted by Crippen LogP contribution is -2.59. The first-order valence-corrected chi connectivity index (χ1v) is 10.1. The van der Waals surface area contributed by atoms with Crippen molar-refractivity contribution >= 4 is 29.4 Å². The van der Waals surface area contributed by atoms with Crippen molar-refractivity contribution in [3.63, 3.8) is 0 Å². The van der Waals surface area contributed by atoms with E-state index in [4.69, 9.17) is 16.3 Å². The zero-order chi connectivity index (χ0) is 21.3. The van der Waals surface area contributed by atoms with E-state index in [2.05, 4.69) is 5.32 Å². The number of imide groups is 1. The van der Waals surface area contributed by atoms with Gasteiger partial charge in [-0.15, -0.1) is 0 Å². The number of likely N-dealkylation sites (tertiary alicyclic amines) is 1. The topological polar surface area (TPSA) is 79.0 Å². The van der Waals surface area contributed by atoms with E-state index in [0.717, 1.165) is 5.56 Å². The number of nitrogens with zero attached hydrogens (tertiary/aromatic N) is 2. The Kier molecular flexibility index (Phi) is 5.39. The number of hydrogen-bond donors (Lipinski definition) is 1. The summed E-state index contributed by atoms with van der Waals surface area (Å²) in [5.74, 6) is 0.101. The number of carbonyl (C=O) groups is 3. The molecule has 0 aliphatic carbocycles. The van der Waals surface area contributed by atoms with Gasteiger partial charge >= 0.3 is 6.03 Å². The Balaban J connectivity index is 1.52. The Hall–Kier alpha value is -3.06. The van der Waals surface area contributed by atoms with Crippen LogP contribution >= 0.6 is 11.6 Å². The van der Waals surface area contributed by atoms with Crippen molar-refractivity contribution in [1.29, 1.82) is 0 Å². The summed E-state index contributed by atoms with van der Waals surface area (Å²) in [4.78, 5) is 41.7. The van der Waals surface area contributed by atoms with E-state index in [1.54, 1.807) is 60.5 Å². The van der Waals surface area contributed by atoms with Crippen LogP contribution in [0.25, 0.3) is 0 Å². The molecule has 1 N–H and O–H groups in total. The normalized spacial score (nSPS) is 21.1. The standard InChI is InChI=1S/C22H22ClN3O4/c1-30-18-5-2-4-16(12-18)19(27)25-11-3-10-22(14-25)20(28)26(21(29)24-22)13-15-6-8-17(23)9-7-15/h2,4-9,12H,3,10-11,13-14H2,1H3,(H,24,29)/t22-/m1/s1. The number of carbonyl (C=O) groups excluding carboxylic acids is 3. The summed E-state index contributed by atoms with van der Waals surface area (Å²) in [5, 5.41) is 3.44. The molecule has 7 nitrogen and oxygen atoms in total. The number of ether oxygens (including phenoxy) is 1. The molecule has 4 rings (SSSR count). The number of methoxy groups -OCH3 is 1. The molecule has 0 aromatic heterocycles. The van der Waals surface area contributed by atoms with Crippen molar-refractivity contribution in [1.82, 2.24) is 15.1 Å². The first kappa shape index (κ1) is 20.2. The molecule has 1 atom stereocenters. The average Bonchev–Trinajstić information content (AvgIpc) is 2.98. The minimum atomic E-state index is -1.09. The summed E-state index contributed by atoms with van der Waals surface area (Å²) in [5.41, 5.74) is 0.206. The minimum Gasteiger partial charge on any atom is -0.497 e. The fourth-order valence-electron chi connectivity index (χ4n) is 4.04. The highest BCUT2D eigenvalue weighted by Crippen LogP contribution is 2.30. The average molecular weight is 428 g/mol. The first-order valence-electron chi connectivity index (χ1n) is 9.74. The van der Waals surface area contributed by atoms with Gasteiger partial charge in [0.2, 0.25) is 0 Å². The van der Waals surface area contributed by atoms with Crippen molar-refractivity contribution in [2.75, 3.05) is 20.2 Å². The van der Waals surface area contributed by atoms with Gasteiger partial charge in [-0.05, 0) is 48.7 Å². The molecule has 2 fully saturated rings. The van der Waals surface area contributed by atoms with Gasteiger partial charge in [0.1, 0.15) is 11.3 Å². The summed E-state index contributed by atoms with van der Waals surface area (Å²) in [6.45, 7) is 0.830. The predicted molar refractivity (Wildman–Crippen MR) is 111 cm³/mol. The summed E-state index contributed by atoms with van der Waals surface area (Å²) in [7, 11) is 1.54. The van der Waals surface area contributed by atoms with Crippen molar-refractivity contribution in [2.24, 2.45) is 0 Å². The number of hydrogen-bond acceptors (Lipinski definition) is 4. The Morgan fingerprint density at radius 3 is 2.70 bits per heavy atom. The maximum atomic E-state index is 13.2. The monoisotopic (exact) mass is 427 g/mol. The molecule has 1 spiro atoms. The van der Waals surface area contributed by atoms with Crippen molar-refractivity contribution in [3.8, 4) is 5.75 Å². The van der Waals surface area contributed by atoms with E-state index >= 15 is 0 Å². The largest absolute Gasteiger partial charge is 0.497 e. The van der Waals surface area contributed by atoms with E-state index in [1.807, 2.05) is 0 Å². The molecule has 0 bridgehead atoms. The molecule has 4 amide bonds. The summed E-state index contributed by atoms with van der Waals surface area (Å²) >= 11 is 5.91. The maximum Gasteiger partial charge on any atom is 0.325 e. The van der Waals surface area contributed by atoms with Gasteiger partial charge in [-0.25, -0.2) is 4.79 Å². The molecule has 2 aliphatic rings. The van der Waals surface area contributed by atoms with Gasteiger partial charge in [0.25, 0.3) is 11.8 Å². The highest BCUT2D eigenvalue weighted by molar-refractivity contribution is 6.30. The van der Waals surface area contributed by atoms with Gasteiger partial charge < -0.3 is 15.0 Å². The smallest absolute Gasteiger partial charge is 0.325 e. The molecule has 30 heavy (non-hydrogen) atoms. The molecule has 0 unspecified atom stereocenters. The lowest BCUT2D eigenvalue weighted by Gasteiger charge is -2.38. The van der Waals surface area contributed by atoms with Crippen LogP contribution in [0.2, 0.25) is 5.02 Å². The second-order valence-corrected chi connectivity index (χ2v) is 8.03. The second kappa shape index (κ2) is 7.99. The number of rotatable bonds is 4. The molecule has 0 saturated carbocycles. The van der Waals surface area contributed by atoms with Gasteiger partial charge in [-0.1, -0.05) is 29.8 Å². The zero-order valence-electron chi connectivity index (χ0n) is 16.6. The van der Waals surface area contributed by atoms with Gasteiger partial charge in [0.05, 0.1) is 20.2 Å². The molecule has 2 aliphatic heterocycles. The highest BCUT2D eigenvalue weighted by Gasteiger charge is 2.53. The molecule has 2 heterocycles. The van der Waals surface area contributed by atoms with Crippen molar-refractivity contribution < 1.29 is 19.1 Å². The van der Waals surface area contributed by atoms with Gasteiger partial charge in [-0.2, -0.15) is 0 Å². The number of nitrogens with one attached hydrogen (secondary N) is 1. The molecular weight excluding hydrogens is 406 g/mol. The van der Waals surface area contributed by atoms with Crippen LogP contribution in [-0.2, 0) is 11.3 Å². The van der Waals surface area contributed by atoms with Gasteiger partial charge in [0, 0.05) is 17.1 Å². The maximum absolute atomic E-state index is 13.2. The molecular formula is C22H22ClN3O4. The number of piperidine rings is 1. The first-order chi connectivity index (χ1) is 14.4. The number of halogens is 1. The number of benzene rings is 2. The molecule has 2 aromatic carbocycles. The SMILES string of the molecule is COc1cccc(C(=O)N2CCC[C@]3(C2)NC(=O)N(Cc2ccc(Cl)cc2)C3=O)c1. The molecule has 156 valence electrons. The van der Waals surface area contributed by atoms with Crippen LogP contribution in [0.15, 0.2) is 48.5 Å². The predicted octanol–water partition coefficient (Wildman–Crippen LogP) is 3.08. The Bertz CT molecular complexity index is 994. The molecule has 8 heteroatoms. The molecule has 2 saturated heterocycles. The van der Waals surface area contributed by atoms with E-state index in [9.17, 15) is 14.4 Å². The van der Waals surface area contributed by atoms with E-state index in [0.29, 0.717) is 35.7 Å². The Morgan fingerprint density at radius 1 is 1.20 bits per heavy atom. The summed E-state index contributed by atoms with van der Waals surface area (Å²) in [6.07, 6.45) is 1.12. The fraction of sp³-hybridized carbons (Fsp3) is 0.318. The van der Waals surface area contributed by atoms with Crippen molar-refractivity contribution in [2.45, 2.75) is 24.9 Å². The minimum absolute atomic E-state index is 0.144.